The van der Waals surface area contributed by atoms with Crippen LogP contribution < -0.4 is 0 Å². The third kappa shape index (κ3) is 86.5. The molecule has 1 fully saturated rings. The molecule has 7 N–H and O–H groups in total. The molecule has 640 valence electrons. The van der Waals surface area contributed by atoms with E-state index in [1.807, 2.05) is 39.0 Å². The molecular weight excluding hydrogens is 1820 g/mol. The second-order valence-electron chi connectivity index (χ2n) is 21.0. The van der Waals surface area contributed by atoms with E-state index in [0.717, 1.165) is 129 Å². The van der Waals surface area contributed by atoms with Gasteiger partial charge in [-0.25, -0.2) is 0 Å². The summed E-state index contributed by atoms with van der Waals surface area (Å²) in [5.41, 5.74) is 2.34. The van der Waals surface area contributed by atoms with Crippen molar-refractivity contribution in [3.8, 4) is 0 Å². The molecule has 1 unspecified atom stereocenters. The van der Waals surface area contributed by atoms with Gasteiger partial charge in [0.1, 0.15) is 43.5 Å². The van der Waals surface area contributed by atoms with Crippen molar-refractivity contribution in [3.63, 3.8) is 0 Å². The SMILES string of the molecule is CC(=O)OCCSSCCO.CC(C)(C)OC(=O)CCCSSCCO.COCCSSCCOC(C)=O.O=C(CCl)OCCSSCCO.O=[N+]([O-])OCCSSCCO.OCCSSCCBr.OCCSSCCOC(c1ccccc1)(c1ccccc1)c1ccccc1.OCCSSCCOC1CCCCO1. The first-order chi connectivity index (χ1) is 53.3. The Kier molecular flexibility index (Phi) is 99.5. The summed E-state index contributed by atoms with van der Waals surface area (Å²) < 4.78 is 41.8. The number of carbonyl (C=O) groups is 4. The van der Waals surface area contributed by atoms with Crippen LogP contribution >= 0.6 is 200 Å². The van der Waals surface area contributed by atoms with Crippen LogP contribution in [0.3, 0.4) is 0 Å². The Morgan fingerprint density at radius 2 is 0.827 bits per heavy atom. The minimum Gasteiger partial charge on any atom is -0.465 e. The summed E-state index contributed by atoms with van der Waals surface area (Å²) in [6.45, 7) is 14.3. The molecule has 1 atom stereocenters. The monoisotopic (exact) mass is 1940 g/mol. The number of halogens is 2. The maximum absolute atomic E-state index is 11.3. The molecule has 23 nitrogen and oxygen atoms in total. The van der Waals surface area contributed by atoms with Gasteiger partial charge in [-0.05, 0) is 63.1 Å². The number of esters is 4. The zero-order chi connectivity index (χ0) is 82.4. The highest BCUT2D eigenvalue weighted by Gasteiger charge is 2.37. The van der Waals surface area contributed by atoms with Crippen molar-refractivity contribution in [2.45, 2.75) is 84.2 Å². The van der Waals surface area contributed by atoms with Crippen molar-refractivity contribution in [2.24, 2.45) is 0 Å². The van der Waals surface area contributed by atoms with Gasteiger partial charge in [0.2, 0.25) is 0 Å². The van der Waals surface area contributed by atoms with Gasteiger partial charge in [-0.3, -0.25) is 19.2 Å². The molecule has 3 aromatic carbocycles. The zero-order valence-corrected chi connectivity index (χ0v) is 79.0. The maximum Gasteiger partial charge on any atom is 0.320 e. The number of alkyl halides is 2. The highest BCUT2D eigenvalue weighted by molar-refractivity contribution is 9.09. The molecule has 0 aromatic heterocycles. The molecule has 1 aliphatic heterocycles. The molecule has 0 spiro atoms. The fourth-order valence-electron chi connectivity index (χ4n) is 6.89. The van der Waals surface area contributed by atoms with Gasteiger partial charge >= 0.3 is 23.9 Å². The van der Waals surface area contributed by atoms with Crippen molar-refractivity contribution in [2.75, 3.05) is 209 Å². The number of methoxy groups -OCH3 is 1. The van der Waals surface area contributed by atoms with Gasteiger partial charge in [-0.1, -0.05) is 280 Å². The number of carbonyl (C=O) groups excluding carboxylic acids is 4. The van der Waals surface area contributed by atoms with Crippen LogP contribution in [0.1, 0.15) is 83.4 Å². The predicted octanol–water partition coefficient (Wildman–Crippen LogP) is 15.7. The van der Waals surface area contributed by atoms with Crippen LogP contribution in [0.25, 0.3) is 0 Å². The van der Waals surface area contributed by atoms with Gasteiger partial charge in [-0.15, -0.1) is 21.7 Å². The lowest BCUT2D eigenvalue weighted by molar-refractivity contribution is -0.756. The predicted molar refractivity (Wildman–Crippen MR) is 492 cm³/mol. The van der Waals surface area contributed by atoms with Crippen LogP contribution in [0, 0.1) is 10.1 Å². The summed E-state index contributed by atoms with van der Waals surface area (Å²) in [7, 11) is 28.0. The molecule has 1 saturated heterocycles. The Bertz CT molecular complexity index is 2330. The molecule has 4 rings (SSSR count). The Hall–Kier alpha value is 0.670. The Labute approximate surface area is 730 Å². The molecule has 3 aromatic rings. The van der Waals surface area contributed by atoms with Crippen LogP contribution in [0.2, 0.25) is 0 Å². The van der Waals surface area contributed by atoms with Crippen molar-refractivity contribution < 1.29 is 103 Å². The second kappa shape index (κ2) is 93.5. The standard InChI is InChI=1S/C23H24O2S2.C10H20O3S2.C9H18O3S2.C7H14O3S2.C6H11ClO3S2.C6H12O3S2.C4H9BrOS2.C4H9NO4S2/c24-16-18-26-27-19-17-25-23(20-10-4-1-5-11-20,21-12-6-2-7-13-21)22-14-8-3-9-15-22;1-10(2,3)13-9(12)5-4-7-14-15-8-6-11;10-4-7-13-14-8-6-12-9-3-1-2-5-11-9;1-7(8)10-4-6-12-11-5-3-9-2;7-5-6(9)10-2-4-12-11-3-1-8;1-6(8)9-3-5-11-10-4-2-7;5-1-3-7-8-4-2-6;6-1-3-10-11-4-2-9-5(7)8/h1-15,24H,16-19H2;11H,4-8H2,1-3H3;9-10H,1-8H2;3-6H2,1-2H3;8H,1-5H2;7H,2-5H2,1H3;6H,1-4H2;6H,1-4H2. The smallest absolute Gasteiger partial charge is 0.320 e. The lowest BCUT2D eigenvalue weighted by Crippen LogP contribution is -2.33. The molecule has 110 heavy (non-hydrogen) atoms. The van der Waals surface area contributed by atoms with Gasteiger partial charge in [0.05, 0.1) is 66.1 Å². The quantitative estimate of drug-likeness (QED) is 0.00403. The zero-order valence-electron chi connectivity index (χ0n) is 63.6. The summed E-state index contributed by atoms with van der Waals surface area (Å²) in [5.74, 6) is 11.9. The van der Waals surface area contributed by atoms with Crippen molar-refractivity contribution in [3.05, 3.63) is 118 Å². The van der Waals surface area contributed by atoms with E-state index < -0.39 is 10.7 Å². The first-order valence-corrected chi connectivity index (χ1v) is 56.1. The fourth-order valence-corrected chi connectivity index (χ4v) is 21.2. The van der Waals surface area contributed by atoms with Crippen LogP contribution in [0.5, 0.6) is 0 Å². The molecule has 0 saturated carbocycles. The highest BCUT2D eigenvalue weighted by Crippen LogP contribution is 2.41. The Morgan fingerprint density at radius 3 is 1.16 bits per heavy atom. The summed E-state index contributed by atoms with van der Waals surface area (Å²) >= 11 is 8.50. The Morgan fingerprint density at radius 1 is 0.482 bits per heavy atom. The first kappa shape index (κ1) is 117. The third-order valence-corrected chi connectivity index (χ3v) is 31.0. The normalized spacial score (nSPS) is 12.0. The van der Waals surface area contributed by atoms with E-state index in [1.54, 1.807) is 158 Å². The van der Waals surface area contributed by atoms with Crippen LogP contribution in [-0.2, 0) is 67.5 Å². The number of hydrogen-bond donors (Lipinski definition) is 7. The minimum absolute atomic E-state index is 0.0344. The molecule has 1 heterocycles. The number of rotatable bonds is 56. The van der Waals surface area contributed by atoms with E-state index in [9.17, 15) is 29.3 Å². The first-order valence-electron chi connectivity index (χ1n) is 34.6. The molecule has 41 heteroatoms. The van der Waals surface area contributed by atoms with Gasteiger partial charge in [0.15, 0.2) is 6.29 Å². The van der Waals surface area contributed by atoms with E-state index in [-0.39, 0.29) is 87.9 Å². The van der Waals surface area contributed by atoms with Crippen LogP contribution in [0.4, 0.5) is 0 Å². The van der Waals surface area contributed by atoms with E-state index in [4.69, 9.17) is 80.5 Å². The van der Waals surface area contributed by atoms with Gasteiger partial charge in [0, 0.05) is 131 Å². The van der Waals surface area contributed by atoms with Crippen LogP contribution in [0.15, 0.2) is 91.0 Å². The molecular formula is C69H117BrClNO22S16. The van der Waals surface area contributed by atoms with Crippen LogP contribution in [-0.4, -0.2) is 286 Å². The Balaban J connectivity index is -0.000000603. The molecule has 0 amide bonds. The van der Waals surface area contributed by atoms with E-state index in [1.165, 1.54) is 48.3 Å². The second-order valence-corrected chi connectivity index (χ2v) is 43.7. The average molecular weight is 1940 g/mol. The summed E-state index contributed by atoms with van der Waals surface area (Å²) in [5, 5.41) is 69.3. The lowest BCUT2D eigenvalue weighted by Gasteiger charge is -2.36. The van der Waals surface area contributed by atoms with E-state index in [0.29, 0.717) is 56.7 Å². The van der Waals surface area contributed by atoms with Gasteiger partial charge in [-0.2, -0.15) is 0 Å². The molecule has 0 radical (unpaired) electrons. The number of ether oxygens (including phenoxy) is 8. The van der Waals surface area contributed by atoms with E-state index in [2.05, 4.69) is 98.3 Å². The molecule has 0 aliphatic carbocycles. The molecule has 1 aliphatic rings. The van der Waals surface area contributed by atoms with E-state index >= 15 is 0 Å². The average Bonchev–Trinajstić information content (AvgIpc) is 0.760. The summed E-state index contributed by atoms with van der Waals surface area (Å²) in [6, 6.07) is 31.3. The summed E-state index contributed by atoms with van der Waals surface area (Å²) in [6.07, 6.45) is 4.77. The largest absolute Gasteiger partial charge is 0.465 e. The minimum atomic E-state index is -0.808. The van der Waals surface area contributed by atoms with Gasteiger partial charge in [0.25, 0.3) is 5.09 Å². The number of benzene rings is 3. The molecule has 0 bridgehead atoms. The van der Waals surface area contributed by atoms with Gasteiger partial charge < -0.3 is 78.5 Å². The number of aliphatic hydroxyl groups is 7. The summed E-state index contributed by atoms with van der Waals surface area (Å²) in [4.78, 5) is 56.0. The maximum atomic E-state index is 11.3. The number of hydrogen-bond acceptors (Lipinski definition) is 38. The lowest BCUT2D eigenvalue weighted by atomic mass is 9.80. The number of aliphatic hydroxyl groups excluding tert-OH is 7. The van der Waals surface area contributed by atoms with Crippen molar-refractivity contribution >= 4 is 224 Å². The highest BCUT2D eigenvalue weighted by atomic mass is 79.9. The topological polar surface area (TPSA) is 336 Å². The number of nitrogens with zero attached hydrogens (tertiary/aromatic N) is 1. The van der Waals surface area contributed by atoms with Crippen molar-refractivity contribution in [1.82, 2.24) is 0 Å². The third-order valence-electron chi connectivity index (χ3n) is 10.9. The fraction of sp³-hybridized carbons (Fsp3) is 0.681. The van der Waals surface area contributed by atoms with Crippen molar-refractivity contribution in [1.29, 1.82) is 0 Å².